The van der Waals surface area contributed by atoms with E-state index in [0.717, 1.165) is 10.5 Å². The summed E-state index contributed by atoms with van der Waals surface area (Å²) in [5, 5.41) is 0. The van der Waals surface area contributed by atoms with E-state index in [1.807, 2.05) is 0 Å². The van der Waals surface area contributed by atoms with Crippen LogP contribution in [-0.2, 0) is 16.1 Å². The van der Waals surface area contributed by atoms with Crippen LogP contribution in [0.15, 0.2) is 35.2 Å². The maximum Gasteiger partial charge on any atom is 0.253 e. The highest BCUT2D eigenvalue weighted by Crippen LogP contribution is 2.10. The Kier molecular flexibility index (Phi) is 1.73. The van der Waals surface area contributed by atoms with E-state index in [-0.39, 0.29) is 18.4 Å². The van der Waals surface area contributed by atoms with Crippen molar-refractivity contribution in [3.05, 3.63) is 36.3 Å². The lowest BCUT2D eigenvalue weighted by Crippen LogP contribution is -2.28. The van der Waals surface area contributed by atoms with E-state index in [0.29, 0.717) is 0 Å². The Morgan fingerprint density at radius 2 is 1.92 bits per heavy atom. The van der Waals surface area contributed by atoms with Gasteiger partial charge < -0.3 is 4.42 Å². The molecule has 0 bridgehead atoms. The number of rotatable bonds is 2. The fourth-order valence-electron chi connectivity index (χ4n) is 1.15. The lowest BCUT2D eigenvalue weighted by atomic mass is 10.3. The maximum absolute atomic E-state index is 11.1. The molecule has 1 aliphatic rings. The third-order valence-electron chi connectivity index (χ3n) is 1.82. The Morgan fingerprint density at radius 1 is 1.23 bits per heavy atom. The standard InChI is InChI=1S/C9H7NO3/c11-8-1-2-9(12)10(8)5-7-3-4-13-6-7/h1-4,6H,5H2. The summed E-state index contributed by atoms with van der Waals surface area (Å²) < 4.78 is 4.83. The molecule has 4 heteroatoms. The first-order valence-electron chi connectivity index (χ1n) is 3.82. The van der Waals surface area contributed by atoms with Crippen molar-refractivity contribution >= 4 is 11.8 Å². The molecule has 0 aliphatic carbocycles. The quantitative estimate of drug-likeness (QED) is 0.625. The molecule has 0 aromatic carbocycles. The van der Waals surface area contributed by atoms with Crippen LogP contribution in [0.5, 0.6) is 0 Å². The summed E-state index contributed by atoms with van der Waals surface area (Å²) in [4.78, 5) is 23.4. The zero-order valence-electron chi connectivity index (χ0n) is 6.77. The molecule has 2 heterocycles. The monoisotopic (exact) mass is 177 g/mol. The first kappa shape index (κ1) is 7.79. The van der Waals surface area contributed by atoms with Crippen LogP contribution in [0.2, 0.25) is 0 Å². The van der Waals surface area contributed by atoms with E-state index in [1.165, 1.54) is 24.7 Å². The minimum Gasteiger partial charge on any atom is -0.472 e. The minimum atomic E-state index is -0.272. The van der Waals surface area contributed by atoms with Gasteiger partial charge in [0, 0.05) is 17.7 Å². The Balaban J connectivity index is 2.11. The van der Waals surface area contributed by atoms with Gasteiger partial charge in [-0.2, -0.15) is 0 Å². The van der Waals surface area contributed by atoms with Gasteiger partial charge in [-0.3, -0.25) is 14.5 Å². The van der Waals surface area contributed by atoms with Crippen molar-refractivity contribution in [2.45, 2.75) is 6.54 Å². The van der Waals surface area contributed by atoms with E-state index < -0.39 is 0 Å². The maximum atomic E-state index is 11.1. The van der Waals surface area contributed by atoms with E-state index in [9.17, 15) is 9.59 Å². The first-order valence-corrected chi connectivity index (χ1v) is 3.82. The fraction of sp³-hybridized carbons (Fsp3) is 0.111. The van der Waals surface area contributed by atoms with Crippen LogP contribution in [0, 0.1) is 0 Å². The van der Waals surface area contributed by atoms with Crippen LogP contribution >= 0.6 is 0 Å². The van der Waals surface area contributed by atoms with Gasteiger partial charge in [0.15, 0.2) is 0 Å². The van der Waals surface area contributed by atoms with E-state index >= 15 is 0 Å². The molecule has 1 aliphatic heterocycles. The number of hydrogen-bond acceptors (Lipinski definition) is 3. The van der Waals surface area contributed by atoms with Gasteiger partial charge in [-0.25, -0.2) is 0 Å². The molecule has 4 nitrogen and oxygen atoms in total. The lowest BCUT2D eigenvalue weighted by molar-refractivity contribution is -0.137. The Hall–Kier alpha value is -1.84. The molecule has 66 valence electrons. The molecule has 13 heavy (non-hydrogen) atoms. The summed E-state index contributed by atoms with van der Waals surface area (Å²) >= 11 is 0. The smallest absolute Gasteiger partial charge is 0.253 e. The van der Waals surface area contributed by atoms with Gasteiger partial charge in [0.1, 0.15) is 0 Å². The van der Waals surface area contributed by atoms with Gasteiger partial charge in [-0.1, -0.05) is 0 Å². The first-order chi connectivity index (χ1) is 6.27. The van der Waals surface area contributed by atoms with Crippen molar-refractivity contribution in [3.63, 3.8) is 0 Å². The summed E-state index contributed by atoms with van der Waals surface area (Å²) in [5.41, 5.74) is 0.811. The molecule has 0 fully saturated rings. The van der Waals surface area contributed by atoms with Gasteiger partial charge in [0.25, 0.3) is 11.8 Å². The number of nitrogens with zero attached hydrogens (tertiary/aromatic N) is 1. The van der Waals surface area contributed by atoms with Crippen LogP contribution in [0.3, 0.4) is 0 Å². The second-order valence-corrected chi connectivity index (χ2v) is 2.73. The zero-order chi connectivity index (χ0) is 9.26. The molecule has 0 unspecified atom stereocenters. The van der Waals surface area contributed by atoms with E-state index in [1.54, 1.807) is 6.07 Å². The molecule has 0 radical (unpaired) electrons. The average molecular weight is 177 g/mol. The summed E-state index contributed by atoms with van der Waals surface area (Å²) in [6, 6.07) is 1.72. The average Bonchev–Trinajstić information content (AvgIpc) is 2.70. The highest BCUT2D eigenvalue weighted by molar-refractivity contribution is 6.12. The van der Waals surface area contributed by atoms with Gasteiger partial charge in [-0.15, -0.1) is 0 Å². The number of imide groups is 1. The van der Waals surface area contributed by atoms with Crippen LogP contribution in [0.1, 0.15) is 5.56 Å². The molecule has 1 aromatic heterocycles. The zero-order valence-corrected chi connectivity index (χ0v) is 6.77. The van der Waals surface area contributed by atoms with Crippen molar-refractivity contribution in [1.29, 1.82) is 0 Å². The molecule has 0 saturated heterocycles. The molecule has 0 N–H and O–H groups in total. The van der Waals surface area contributed by atoms with Gasteiger partial charge in [-0.05, 0) is 6.07 Å². The van der Waals surface area contributed by atoms with Gasteiger partial charge in [0.05, 0.1) is 19.1 Å². The highest BCUT2D eigenvalue weighted by Gasteiger charge is 2.23. The van der Waals surface area contributed by atoms with Gasteiger partial charge in [0.2, 0.25) is 0 Å². The third kappa shape index (κ3) is 1.38. The number of carbonyl (C=O) groups is 2. The molecular weight excluding hydrogens is 170 g/mol. The number of amides is 2. The highest BCUT2D eigenvalue weighted by atomic mass is 16.3. The summed E-state index contributed by atoms with van der Waals surface area (Å²) in [6.07, 6.45) is 5.55. The second-order valence-electron chi connectivity index (χ2n) is 2.73. The normalized spacial score (nSPS) is 15.8. The summed E-state index contributed by atoms with van der Waals surface area (Å²) in [5.74, 6) is -0.544. The number of furan rings is 1. The molecular formula is C9H7NO3. The SMILES string of the molecule is O=C1C=CC(=O)N1Cc1ccoc1. The predicted molar refractivity (Wildman–Crippen MR) is 43.4 cm³/mol. The van der Waals surface area contributed by atoms with Crippen molar-refractivity contribution in [1.82, 2.24) is 4.90 Å². The molecule has 2 amide bonds. The van der Waals surface area contributed by atoms with Crippen molar-refractivity contribution < 1.29 is 14.0 Å². The molecule has 0 atom stereocenters. The molecule has 0 spiro atoms. The Bertz CT molecular complexity index is 346. The topological polar surface area (TPSA) is 50.5 Å². The van der Waals surface area contributed by atoms with E-state index in [4.69, 9.17) is 4.42 Å². The predicted octanol–water partition coefficient (Wildman–Crippen LogP) is 0.705. The van der Waals surface area contributed by atoms with Crippen LogP contribution < -0.4 is 0 Å². The Labute approximate surface area is 74.4 Å². The largest absolute Gasteiger partial charge is 0.472 e. The molecule has 1 aromatic rings. The summed E-state index contributed by atoms with van der Waals surface area (Å²) in [7, 11) is 0. The number of carbonyl (C=O) groups excluding carboxylic acids is 2. The lowest BCUT2D eigenvalue weighted by Gasteiger charge is -2.11. The van der Waals surface area contributed by atoms with Crippen LogP contribution in [0.25, 0.3) is 0 Å². The number of hydrogen-bond donors (Lipinski definition) is 0. The van der Waals surface area contributed by atoms with Crippen LogP contribution in [-0.4, -0.2) is 16.7 Å². The van der Waals surface area contributed by atoms with Crippen molar-refractivity contribution in [2.24, 2.45) is 0 Å². The minimum absolute atomic E-state index is 0.272. The van der Waals surface area contributed by atoms with Crippen LogP contribution in [0.4, 0.5) is 0 Å². The van der Waals surface area contributed by atoms with E-state index in [2.05, 4.69) is 0 Å². The molecule has 0 saturated carbocycles. The Morgan fingerprint density at radius 3 is 2.46 bits per heavy atom. The molecule has 2 rings (SSSR count). The van der Waals surface area contributed by atoms with Crippen molar-refractivity contribution in [3.8, 4) is 0 Å². The summed E-state index contributed by atoms with van der Waals surface area (Å²) in [6.45, 7) is 0.279. The van der Waals surface area contributed by atoms with Crippen molar-refractivity contribution in [2.75, 3.05) is 0 Å². The van der Waals surface area contributed by atoms with Gasteiger partial charge >= 0.3 is 0 Å². The third-order valence-corrected chi connectivity index (χ3v) is 1.82. The second kappa shape index (κ2) is 2.90. The fourth-order valence-corrected chi connectivity index (χ4v) is 1.15.